The molecule has 2 aromatic heterocycles. The number of benzene rings is 1. The molecule has 0 bridgehead atoms. The maximum Gasteiger partial charge on any atom is 0.408 e. The minimum atomic E-state index is -0.593. The summed E-state index contributed by atoms with van der Waals surface area (Å²) in [6, 6.07) is 13.4. The number of hydrogen-bond acceptors (Lipinski definition) is 5. The van der Waals surface area contributed by atoms with Gasteiger partial charge in [-0.15, -0.1) is 0 Å². The van der Waals surface area contributed by atoms with E-state index in [2.05, 4.69) is 30.2 Å². The third-order valence-electron chi connectivity index (χ3n) is 4.72. The molecule has 1 aromatic carbocycles. The van der Waals surface area contributed by atoms with Crippen molar-refractivity contribution in [2.24, 2.45) is 5.92 Å². The number of amides is 1. The monoisotopic (exact) mass is 416 g/mol. The number of carbonyl (C=O) groups excluding carboxylic acids is 1. The third kappa shape index (κ3) is 5.79. The van der Waals surface area contributed by atoms with Gasteiger partial charge in [0.1, 0.15) is 5.60 Å². The second kappa shape index (κ2) is 9.13. The second-order valence-electron chi connectivity index (χ2n) is 9.00. The van der Waals surface area contributed by atoms with Crippen molar-refractivity contribution in [1.82, 2.24) is 15.3 Å². The Morgan fingerprint density at radius 1 is 1.13 bits per heavy atom. The number of nitrogens with zero attached hydrogens (tertiary/aromatic N) is 3. The summed E-state index contributed by atoms with van der Waals surface area (Å²) in [5.41, 5.74) is 3.31. The van der Waals surface area contributed by atoms with Crippen LogP contribution in [0.25, 0.3) is 22.0 Å². The lowest BCUT2D eigenvalue weighted by molar-refractivity contribution is 0.0496. The highest BCUT2D eigenvalue weighted by Crippen LogP contribution is 2.29. The number of fused-ring (bicyclic) bond motifs is 1. The number of nitrogens with one attached hydrogen (secondary N) is 1. The fourth-order valence-electron chi connectivity index (χ4n) is 3.42. The predicted octanol–water partition coefficient (Wildman–Crippen LogP) is 5.78. The number of carbonyl (C=O) groups is 1. The highest BCUT2D eigenvalue weighted by Gasteiger charge is 2.23. The Balaban J connectivity index is 2.01. The van der Waals surface area contributed by atoms with Crippen LogP contribution >= 0.6 is 0 Å². The van der Waals surface area contributed by atoms with Crippen molar-refractivity contribution in [3.05, 3.63) is 60.0 Å². The van der Waals surface area contributed by atoms with Gasteiger partial charge in [0.2, 0.25) is 0 Å². The summed E-state index contributed by atoms with van der Waals surface area (Å²) in [6.45, 7) is 9.64. The Kier molecular flexibility index (Phi) is 6.55. The molecule has 6 heteroatoms. The molecule has 6 nitrogen and oxygen atoms in total. The van der Waals surface area contributed by atoms with Crippen LogP contribution in [0.2, 0.25) is 0 Å². The first-order chi connectivity index (χ1) is 14.7. The van der Waals surface area contributed by atoms with Gasteiger partial charge in [0.05, 0.1) is 28.9 Å². The standard InChI is InChI=1S/C25H28N4O2/c1-16(2)12-22(29-24(30)31-25(3,4)5)23-14-19(15-26)20-13-18(6-7-21(20)28-23)17-8-10-27-11-9-17/h6-11,13-14,16,22H,12H2,1-5H3,(H,29,30). The SMILES string of the molecule is CC(C)CC(NC(=O)OC(C)(C)C)c1cc(C#N)c2cc(-c3ccncc3)ccc2n1. The number of nitriles is 1. The molecule has 0 aliphatic carbocycles. The fraction of sp³-hybridized carbons (Fsp3) is 0.360. The van der Waals surface area contributed by atoms with Gasteiger partial charge in [-0.25, -0.2) is 4.79 Å². The van der Waals surface area contributed by atoms with Gasteiger partial charge in [-0.2, -0.15) is 5.26 Å². The van der Waals surface area contributed by atoms with E-state index in [-0.39, 0.29) is 6.04 Å². The summed E-state index contributed by atoms with van der Waals surface area (Å²) in [5.74, 6) is 0.317. The summed E-state index contributed by atoms with van der Waals surface area (Å²) < 4.78 is 5.43. The number of hydrogen-bond donors (Lipinski definition) is 1. The van der Waals surface area contributed by atoms with Crippen LogP contribution in [-0.4, -0.2) is 21.7 Å². The highest BCUT2D eigenvalue weighted by atomic mass is 16.6. The molecule has 1 atom stereocenters. The molecule has 0 fully saturated rings. The lowest BCUT2D eigenvalue weighted by Gasteiger charge is -2.24. The lowest BCUT2D eigenvalue weighted by atomic mass is 9.97. The van der Waals surface area contributed by atoms with Gasteiger partial charge in [-0.1, -0.05) is 19.9 Å². The molecule has 2 heterocycles. The van der Waals surface area contributed by atoms with Crippen LogP contribution in [0.1, 0.15) is 58.3 Å². The number of rotatable bonds is 5. The van der Waals surface area contributed by atoms with Crippen LogP contribution in [0.15, 0.2) is 48.8 Å². The minimum absolute atomic E-state index is 0.317. The molecule has 0 aliphatic rings. The molecule has 1 amide bonds. The Labute approximate surface area is 183 Å². The molecule has 1 unspecified atom stereocenters. The fourth-order valence-corrected chi connectivity index (χ4v) is 3.42. The zero-order valence-electron chi connectivity index (χ0n) is 18.6. The summed E-state index contributed by atoms with van der Waals surface area (Å²) in [4.78, 5) is 21.3. The van der Waals surface area contributed by atoms with Crippen molar-refractivity contribution in [1.29, 1.82) is 5.26 Å². The molecular weight excluding hydrogens is 388 g/mol. The Bertz CT molecular complexity index is 1110. The smallest absolute Gasteiger partial charge is 0.408 e. The van der Waals surface area contributed by atoms with Crippen molar-refractivity contribution in [2.45, 2.75) is 52.7 Å². The van der Waals surface area contributed by atoms with E-state index >= 15 is 0 Å². The van der Waals surface area contributed by atoms with Crippen molar-refractivity contribution in [3.8, 4) is 17.2 Å². The molecule has 31 heavy (non-hydrogen) atoms. The molecular formula is C25H28N4O2. The van der Waals surface area contributed by atoms with Gasteiger partial charge in [0, 0.05) is 17.8 Å². The molecule has 160 valence electrons. The average molecular weight is 417 g/mol. The first-order valence-corrected chi connectivity index (χ1v) is 10.4. The molecule has 0 spiro atoms. The largest absolute Gasteiger partial charge is 0.444 e. The maximum atomic E-state index is 12.4. The number of aromatic nitrogens is 2. The molecule has 0 aliphatic heterocycles. The van der Waals surface area contributed by atoms with E-state index in [1.165, 1.54) is 0 Å². The van der Waals surface area contributed by atoms with E-state index in [1.807, 2.05) is 51.1 Å². The van der Waals surface area contributed by atoms with E-state index < -0.39 is 11.7 Å². The topological polar surface area (TPSA) is 87.9 Å². The molecule has 0 saturated heterocycles. The van der Waals surface area contributed by atoms with Gasteiger partial charge in [0.15, 0.2) is 0 Å². The number of alkyl carbamates (subject to hydrolysis) is 1. The molecule has 3 rings (SSSR count). The van der Waals surface area contributed by atoms with Crippen LogP contribution in [0.3, 0.4) is 0 Å². The zero-order chi connectivity index (χ0) is 22.6. The summed E-state index contributed by atoms with van der Waals surface area (Å²) in [7, 11) is 0. The number of pyridine rings is 2. The van der Waals surface area contributed by atoms with Crippen molar-refractivity contribution < 1.29 is 9.53 Å². The Morgan fingerprint density at radius 3 is 2.45 bits per heavy atom. The molecule has 0 radical (unpaired) electrons. The van der Waals surface area contributed by atoms with Gasteiger partial charge < -0.3 is 10.1 Å². The maximum absolute atomic E-state index is 12.4. The van der Waals surface area contributed by atoms with Crippen LogP contribution in [0.4, 0.5) is 4.79 Å². The Hall–Kier alpha value is -3.46. The molecule has 3 aromatic rings. The normalized spacial score (nSPS) is 12.4. The second-order valence-corrected chi connectivity index (χ2v) is 9.00. The van der Waals surface area contributed by atoms with E-state index in [9.17, 15) is 10.1 Å². The van der Waals surface area contributed by atoms with E-state index in [0.717, 1.165) is 16.5 Å². The van der Waals surface area contributed by atoms with Crippen LogP contribution < -0.4 is 5.32 Å². The molecule has 1 N–H and O–H groups in total. The average Bonchev–Trinajstić information content (AvgIpc) is 2.71. The minimum Gasteiger partial charge on any atom is -0.444 e. The summed E-state index contributed by atoms with van der Waals surface area (Å²) >= 11 is 0. The van der Waals surface area contributed by atoms with Gasteiger partial charge in [-0.3, -0.25) is 9.97 Å². The predicted molar refractivity (Wildman–Crippen MR) is 121 cm³/mol. The van der Waals surface area contributed by atoms with Crippen molar-refractivity contribution >= 4 is 17.0 Å². The van der Waals surface area contributed by atoms with Gasteiger partial charge in [0.25, 0.3) is 0 Å². The lowest BCUT2D eigenvalue weighted by Crippen LogP contribution is -2.35. The van der Waals surface area contributed by atoms with Gasteiger partial charge in [-0.05, 0) is 74.6 Å². The first-order valence-electron chi connectivity index (χ1n) is 10.4. The zero-order valence-corrected chi connectivity index (χ0v) is 18.6. The number of ether oxygens (including phenoxy) is 1. The van der Waals surface area contributed by atoms with Crippen molar-refractivity contribution in [3.63, 3.8) is 0 Å². The van der Waals surface area contributed by atoms with E-state index in [0.29, 0.717) is 29.1 Å². The highest BCUT2D eigenvalue weighted by molar-refractivity contribution is 5.89. The van der Waals surface area contributed by atoms with E-state index in [4.69, 9.17) is 9.72 Å². The summed E-state index contributed by atoms with van der Waals surface area (Å²) in [5, 5.41) is 13.5. The summed E-state index contributed by atoms with van der Waals surface area (Å²) in [6.07, 6.45) is 3.67. The van der Waals surface area contributed by atoms with Crippen LogP contribution in [0.5, 0.6) is 0 Å². The third-order valence-corrected chi connectivity index (χ3v) is 4.72. The quantitative estimate of drug-likeness (QED) is 0.569. The Morgan fingerprint density at radius 2 is 1.84 bits per heavy atom. The van der Waals surface area contributed by atoms with Gasteiger partial charge >= 0.3 is 6.09 Å². The molecule has 0 saturated carbocycles. The van der Waals surface area contributed by atoms with Crippen molar-refractivity contribution in [2.75, 3.05) is 0 Å². The van der Waals surface area contributed by atoms with Crippen LogP contribution in [-0.2, 0) is 4.74 Å². The van der Waals surface area contributed by atoms with Crippen LogP contribution in [0, 0.1) is 17.2 Å². The first kappa shape index (κ1) is 22.2. The van der Waals surface area contributed by atoms with E-state index in [1.54, 1.807) is 18.5 Å².